The van der Waals surface area contributed by atoms with Crippen molar-refractivity contribution in [3.63, 3.8) is 0 Å². The summed E-state index contributed by atoms with van der Waals surface area (Å²) in [4.78, 5) is 39.3. The van der Waals surface area contributed by atoms with Crippen LogP contribution < -0.4 is 22.1 Å². The quantitative estimate of drug-likeness (QED) is 0.0524. The Kier molecular flexibility index (Phi) is 32.6. The number of amides is 3. The molecular formula is C38H75N5O11. The zero-order valence-corrected chi connectivity index (χ0v) is 34.5. The SMILES string of the molecule is C/C(=C\C(C(C)C)N(C)C(=O)C(N)C(C)(C)C)C(=O)NCCCCNC(=O)CCOCCOCCOCCOCCOCCOCCOCCOCCN. The van der Waals surface area contributed by atoms with Crippen LogP contribution in [0.5, 0.6) is 0 Å². The zero-order chi connectivity index (χ0) is 40.5. The molecule has 0 spiro atoms. The van der Waals surface area contributed by atoms with E-state index < -0.39 is 6.04 Å². The Balaban J connectivity index is 3.67. The van der Waals surface area contributed by atoms with Gasteiger partial charge in [-0.1, -0.05) is 40.7 Å². The van der Waals surface area contributed by atoms with Gasteiger partial charge in [0, 0.05) is 38.7 Å². The normalized spacial score (nSPS) is 13.3. The number of nitrogens with two attached hydrogens (primary N) is 2. The smallest absolute Gasteiger partial charge is 0.246 e. The highest BCUT2D eigenvalue weighted by atomic mass is 16.6. The number of ether oxygens (including phenoxy) is 8. The first-order chi connectivity index (χ1) is 25.8. The molecule has 3 amide bonds. The van der Waals surface area contributed by atoms with Gasteiger partial charge in [0.2, 0.25) is 17.7 Å². The molecule has 0 radical (unpaired) electrons. The molecule has 0 aromatic carbocycles. The fourth-order valence-electron chi connectivity index (χ4n) is 4.62. The number of nitrogens with one attached hydrogen (secondary N) is 2. The van der Waals surface area contributed by atoms with Crippen LogP contribution in [0.2, 0.25) is 0 Å². The first-order valence-corrected chi connectivity index (χ1v) is 19.4. The van der Waals surface area contributed by atoms with Gasteiger partial charge in [-0.3, -0.25) is 14.4 Å². The average Bonchev–Trinajstić information content (AvgIpc) is 3.13. The molecule has 0 saturated heterocycles. The topological polar surface area (TPSA) is 204 Å². The van der Waals surface area contributed by atoms with Gasteiger partial charge in [0.15, 0.2) is 0 Å². The van der Waals surface area contributed by atoms with Gasteiger partial charge in [0.05, 0.1) is 118 Å². The van der Waals surface area contributed by atoms with Crippen LogP contribution >= 0.6 is 0 Å². The summed E-state index contributed by atoms with van der Waals surface area (Å²) in [6.07, 6.45) is 3.54. The monoisotopic (exact) mass is 778 g/mol. The van der Waals surface area contributed by atoms with E-state index in [0.29, 0.717) is 137 Å². The van der Waals surface area contributed by atoms with E-state index in [1.807, 2.05) is 40.7 Å². The van der Waals surface area contributed by atoms with Crippen molar-refractivity contribution in [3.8, 4) is 0 Å². The van der Waals surface area contributed by atoms with Crippen molar-refractivity contribution in [2.24, 2.45) is 22.8 Å². The van der Waals surface area contributed by atoms with Crippen LogP contribution in [-0.4, -0.2) is 167 Å². The van der Waals surface area contributed by atoms with Crippen molar-refractivity contribution in [1.82, 2.24) is 15.5 Å². The molecular weight excluding hydrogens is 702 g/mol. The van der Waals surface area contributed by atoms with Gasteiger partial charge < -0.3 is 64.9 Å². The maximum atomic E-state index is 12.9. The van der Waals surface area contributed by atoms with Crippen LogP contribution in [0.3, 0.4) is 0 Å². The maximum absolute atomic E-state index is 12.9. The van der Waals surface area contributed by atoms with Crippen LogP contribution in [0.15, 0.2) is 11.6 Å². The van der Waals surface area contributed by atoms with Crippen molar-refractivity contribution >= 4 is 17.7 Å². The Labute approximate surface area is 324 Å². The van der Waals surface area contributed by atoms with Crippen molar-refractivity contribution in [2.45, 2.75) is 72.9 Å². The van der Waals surface area contributed by atoms with Crippen molar-refractivity contribution in [3.05, 3.63) is 11.6 Å². The second-order valence-corrected chi connectivity index (χ2v) is 14.1. The highest BCUT2D eigenvalue weighted by Crippen LogP contribution is 2.22. The van der Waals surface area contributed by atoms with Crippen molar-refractivity contribution < 1.29 is 52.3 Å². The third kappa shape index (κ3) is 29.1. The van der Waals surface area contributed by atoms with Gasteiger partial charge in [-0.25, -0.2) is 0 Å². The first-order valence-electron chi connectivity index (χ1n) is 19.4. The van der Waals surface area contributed by atoms with Gasteiger partial charge in [0.1, 0.15) is 0 Å². The van der Waals surface area contributed by atoms with Gasteiger partial charge in [-0.15, -0.1) is 0 Å². The largest absolute Gasteiger partial charge is 0.379 e. The molecule has 0 heterocycles. The summed E-state index contributed by atoms with van der Waals surface area (Å²) in [5.74, 6) is -0.314. The second kappa shape index (κ2) is 34.0. The van der Waals surface area contributed by atoms with Crippen molar-refractivity contribution in [1.29, 1.82) is 0 Å². The lowest BCUT2D eigenvalue weighted by Crippen LogP contribution is -2.52. The van der Waals surface area contributed by atoms with Crippen LogP contribution in [0.1, 0.15) is 60.8 Å². The molecule has 0 aliphatic rings. The van der Waals surface area contributed by atoms with Gasteiger partial charge >= 0.3 is 0 Å². The molecule has 0 fully saturated rings. The van der Waals surface area contributed by atoms with Gasteiger partial charge in [0.25, 0.3) is 0 Å². The maximum Gasteiger partial charge on any atom is 0.246 e. The highest BCUT2D eigenvalue weighted by molar-refractivity contribution is 5.93. The molecule has 2 atom stereocenters. The van der Waals surface area contributed by atoms with E-state index in [1.165, 1.54) is 0 Å². The van der Waals surface area contributed by atoms with Crippen LogP contribution in [0, 0.1) is 11.3 Å². The third-order valence-corrected chi connectivity index (χ3v) is 8.01. The van der Waals surface area contributed by atoms with Gasteiger partial charge in [-0.2, -0.15) is 0 Å². The molecule has 2 unspecified atom stereocenters. The summed E-state index contributed by atoms with van der Waals surface area (Å²) in [5.41, 5.74) is 11.7. The Morgan fingerprint density at radius 3 is 1.39 bits per heavy atom. The molecule has 0 aliphatic carbocycles. The summed E-state index contributed by atoms with van der Waals surface area (Å²) in [6, 6.07) is -0.897. The highest BCUT2D eigenvalue weighted by Gasteiger charge is 2.33. The van der Waals surface area contributed by atoms with Crippen LogP contribution in [-0.2, 0) is 52.3 Å². The summed E-state index contributed by atoms with van der Waals surface area (Å²) in [7, 11) is 1.73. The predicted octanol–water partition coefficient (Wildman–Crippen LogP) is 1.28. The molecule has 318 valence electrons. The standard InChI is InChI=1S/C38H75N5O11/c1-31(2)33(43(7)37(46)35(40)38(4,5)6)30-32(3)36(45)42-13-9-8-12-41-34(44)10-14-47-16-18-49-20-22-51-24-26-53-28-29-54-27-25-52-23-21-50-19-17-48-15-11-39/h30-31,33,35H,8-29,39-40H2,1-7H3,(H,41,44)(H,42,45)/b32-30+. The number of carbonyl (C=O) groups is 3. The lowest BCUT2D eigenvalue weighted by atomic mass is 9.86. The van der Waals surface area contributed by atoms with E-state index in [9.17, 15) is 14.4 Å². The van der Waals surface area contributed by atoms with Gasteiger partial charge in [-0.05, 0) is 31.1 Å². The van der Waals surface area contributed by atoms with E-state index in [2.05, 4.69) is 10.6 Å². The fourth-order valence-corrected chi connectivity index (χ4v) is 4.62. The lowest BCUT2D eigenvalue weighted by Gasteiger charge is -2.35. The lowest BCUT2D eigenvalue weighted by molar-refractivity contribution is -0.135. The molecule has 0 saturated carbocycles. The Morgan fingerprint density at radius 1 is 0.648 bits per heavy atom. The number of rotatable bonds is 36. The molecule has 16 nitrogen and oxygen atoms in total. The molecule has 54 heavy (non-hydrogen) atoms. The number of likely N-dealkylation sites (N-methyl/N-ethyl adjacent to an activating group) is 1. The van der Waals surface area contributed by atoms with E-state index >= 15 is 0 Å². The minimum absolute atomic E-state index is 0.0853. The average molecular weight is 778 g/mol. The van der Waals surface area contributed by atoms with Crippen LogP contribution in [0.4, 0.5) is 0 Å². The number of hydrogen-bond acceptors (Lipinski definition) is 13. The molecule has 0 aliphatic heterocycles. The number of hydrogen-bond donors (Lipinski definition) is 4. The Hall–Kier alpha value is -2.25. The minimum atomic E-state index is -0.639. The van der Waals surface area contributed by atoms with E-state index in [4.69, 9.17) is 49.4 Å². The number of unbranched alkanes of at least 4 members (excludes halogenated alkanes) is 1. The summed E-state index contributed by atoms with van der Waals surface area (Å²) in [6.45, 7) is 20.7. The van der Waals surface area contributed by atoms with E-state index in [1.54, 1.807) is 18.9 Å². The van der Waals surface area contributed by atoms with Crippen molar-refractivity contribution in [2.75, 3.05) is 132 Å². The summed E-state index contributed by atoms with van der Waals surface area (Å²) >= 11 is 0. The molecule has 0 aromatic heterocycles. The van der Waals surface area contributed by atoms with E-state index in [-0.39, 0.29) is 41.5 Å². The third-order valence-electron chi connectivity index (χ3n) is 8.01. The first kappa shape index (κ1) is 51.8. The molecule has 16 heteroatoms. The molecule has 0 rings (SSSR count). The second-order valence-electron chi connectivity index (χ2n) is 14.1. The molecule has 0 bridgehead atoms. The molecule has 0 aromatic rings. The molecule has 6 N–H and O–H groups in total. The Bertz CT molecular complexity index is 982. The van der Waals surface area contributed by atoms with Crippen LogP contribution in [0.25, 0.3) is 0 Å². The number of carbonyl (C=O) groups excluding carboxylic acids is 3. The Morgan fingerprint density at radius 2 is 1.02 bits per heavy atom. The number of nitrogens with zero attached hydrogens (tertiary/aromatic N) is 1. The predicted molar refractivity (Wildman–Crippen MR) is 208 cm³/mol. The minimum Gasteiger partial charge on any atom is -0.379 e. The fraction of sp³-hybridized carbons (Fsp3) is 0.868. The van der Waals surface area contributed by atoms with E-state index in [0.717, 1.165) is 6.42 Å². The zero-order valence-electron chi connectivity index (χ0n) is 34.5. The summed E-state index contributed by atoms with van der Waals surface area (Å²) in [5, 5.41) is 5.79. The summed E-state index contributed by atoms with van der Waals surface area (Å²) < 4.78 is 43.4.